The molecule has 0 bridgehead atoms. The predicted octanol–water partition coefficient (Wildman–Crippen LogP) is 0.703. The first-order chi connectivity index (χ1) is 8.36. The van der Waals surface area contributed by atoms with Crippen LogP contribution in [0.25, 0.3) is 0 Å². The van der Waals surface area contributed by atoms with Crippen LogP contribution >= 0.6 is 0 Å². The fourth-order valence-electron chi connectivity index (χ4n) is 1.22. The molecule has 0 aliphatic rings. The number of ether oxygens (including phenoxy) is 3. The number of nitrogens with zero attached hydrogens (tertiary/aromatic N) is 1. The Balaban J connectivity index is 1.93. The van der Waals surface area contributed by atoms with Crippen molar-refractivity contribution in [3.8, 4) is 0 Å². The molecular weight excluding hydrogens is 224 g/mol. The zero-order chi connectivity index (χ0) is 12.3. The highest BCUT2D eigenvalue weighted by molar-refractivity contribution is 5.03. The summed E-state index contributed by atoms with van der Waals surface area (Å²) in [5.74, 6) is 0.685. The number of hydrogen-bond donors (Lipinski definition) is 1. The van der Waals surface area contributed by atoms with Crippen molar-refractivity contribution in [1.82, 2.24) is 5.16 Å². The van der Waals surface area contributed by atoms with Crippen LogP contribution in [0.5, 0.6) is 0 Å². The van der Waals surface area contributed by atoms with Gasteiger partial charge < -0.3 is 24.5 Å². The lowest BCUT2D eigenvalue weighted by molar-refractivity contribution is 0.0272. The second-order valence-corrected chi connectivity index (χ2v) is 3.50. The van der Waals surface area contributed by atoms with E-state index in [0.29, 0.717) is 38.7 Å². The lowest BCUT2D eigenvalue weighted by atomic mass is 10.4. The van der Waals surface area contributed by atoms with Crippen molar-refractivity contribution >= 4 is 0 Å². The Bertz CT molecular complexity index is 291. The van der Waals surface area contributed by atoms with Gasteiger partial charge in [0.15, 0.2) is 5.76 Å². The molecule has 0 amide bonds. The Hall–Kier alpha value is -0.950. The van der Waals surface area contributed by atoms with Gasteiger partial charge in [-0.2, -0.15) is 0 Å². The van der Waals surface area contributed by atoms with Gasteiger partial charge in [0.2, 0.25) is 0 Å². The van der Waals surface area contributed by atoms with E-state index in [2.05, 4.69) is 5.16 Å². The van der Waals surface area contributed by atoms with E-state index >= 15 is 0 Å². The fraction of sp³-hybridized carbons (Fsp3) is 0.727. The average molecular weight is 244 g/mol. The molecule has 0 radical (unpaired) electrons. The SMILES string of the molecule is COCCCOCCOCc1cc(CN)no1. The quantitative estimate of drug-likeness (QED) is 0.610. The summed E-state index contributed by atoms with van der Waals surface area (Å²) in [5.41, 5.74) is 6.14. The Kier molecular flexibility index (Phi) is 7.57. The van der Waals surface area contributed by atoms with Crippen molar-refractivity contribution in [3.63, 3.8) is 0 Å². The molecule has 0 unspecified atom stereocenters. The lowest BCUT2D eigenvalue weighted by Gasteiger charge is -2.03. The van der Waals surface area contributed by atoms with Gasteiger partial charge in [0.1, 0.15) is 6.61 Å². The van der Waals surface area contributed by atoms with Gasteiger partial charge in [0, 0.05) is 32.9 Å². The van der Waals surface area contributed by atoms with Gasteiger partial charge in [-0.05, 0) is 6.42 Å². The Morgan fingerprint density at radius 2 is 2.06 bits per heavy atom. The van der Waals surface area contributed by atoms with Crippen LogP contribution < -0.4 is 5.73 Å². The van der Waals surface area contributed by atoms with E-state index in [1.54, 1.807) is 13.2 Å². The minimum Gasteiger partial charge on any atom is -0.385 e. The second-order valence-electron chi connectivity index (χ2n) is 3.50. The zero-order valence-corrected chi connectivity index (χ0v) is 10.2. The van der Waals surface area contributed by atoms with Crippen LogP contribution in [0.2, 0.25) is 0 Å². The van der Waals surface area contributed by atoms with Gasteiger partial charge in [0.25, 0.3) is 0 Å². The highest BCUT2D eigenvalue weighted by atomic mass is 16.5. The molecule has 6 nitrogen and oxygen atoms in total. The molecule has 0 aromatic carbocycles. The fourth-order valence-corrected chi connectivity index (χ4v) is 1.22. The van der Waals surface area contributed by atoms with E-state index in [-0.39, 0.29) is 0 Å². The lowest BCUT2D eigenvalue weighted by Crippen LogP contribution is -2.06. The van der Waals surface area contributed by atoms with Crippen molar-refractivity contribution in [2.75, 3.05) is 33.5 Å². The monoisotopic (exact) mass is 244 g/mol. The highest BCUT2D eigenvalue weighted by Crippen LogP contribution is 2.04. The normalized spacial score (nSPS) is 10.9. The van der Waals surface area contributed by atoms with E-state index in [1.807, 2.05) is 0 Å². The summed E-state index contributed by atoms with van der Waals surface area (Å²) in [6.07, 6.45) is 0.901. The molecule has 1 rings (SSSR count). The van der Waals surface area contributed by atoms with Crippen LogP contribution in [0.15, 0.2) is 10.6 Å². The molecule has 1 heterocycles. The molecule has 2 N–H and O–H groups in total. The first-order valence-corrected chi connectivity index (χ1v) is 5.65. The summed E-state index contributed by atoms with van der Waals surface area (Å²) in [6, 6.07) is 1.79. The van der Waals surface area contributed by atoms with Crippen molar-refractivity contribution < 1.29 is 18.7 Å². The molecule has 6 heteroatoms. The summed E-state index contributed by atoms with van der Waals surface area (Å²) in [5, 5.41) is 3.76. The minimum atomic E-state index is 0.381. The average Bonchev–Trinajstić information content (AvgIpc) is 2.80. The number of aromatic nitrogens is 1. The third-order valence-electron chi connectivity index (χ3n) is 2.07. The first kappa shape index (κ1) is 14.1. The van der Waals surface area contributed by atoms with Crippen molar-refractivity contribution in [2.24, 2.45) is 5.73 Å². The summed E-state index contributed by atoms with van der Waals surface area (Å²) < 4.78 is 20.6. The molecule has 1 aromatic heterocycles. The molecule has 1 aromatic rings. The van der Waals surface area contributed by atoms with E-state index in [9.17, 15) is 0 Å². The van der Waals surface area contributed by atoms with E-state index in [1.165, 1.54) is 0 Å². The molecule has 0 saturated carbocycles. The zero-order valence-electron chi connectivity index (χ0n) is 10.2. The van der Waals surface area contributed by atoms with E-state index in [0.717, 1.165) is 18.7 Å². The Labute approximate surface area is 101 Å². The first-order valence-electron chi connectivity index (χ1n) is 5.65. The molecule has 98 valence electrons. The summed E-state index contributed by atoms with van der Waals surface area (Å²) in [7, 11) is 1.68. The van der Waals surface area contributed by atoms with Gasteiger partial charge >= 0.3 is 0 Å². The van der Waals surface area contributed by atoms with Crippen LogP contribution in [0.3, 0.4) is 0 Å². The number of nitrogens with two attached hydrogens (primary N) is 1. The van der Waals surface area contributed by atoms with Crippen molar-refractivity contribution in [1.29, 1.82) is 0 Å². The predicted molar refractivity (Wildman–Crippen MR) is 61.4 cm³/mol. The molecule has 0 saturated heterocycles. The van der Waals surface area contributed by atoms with Crippen LogP contribution in [0, 0.1) is 0 Å². The number of methoxy groups -OCH3 is 1. The van der Waals surface area contributed by atoms with Gasteiger partial charge in [-0.15, -0.1) is 0 Å². The standard InChI is InChI=1S/C11H20N2O4/c1-14-3-2-4-15-5-6-16-9-11-7-10(8-12)13-17-11/h7H,2-6,8-9,12H2,1H3. The van der Waals surface area contributed by atoms with E-state index in [4.69, 9.17) is 24.5 Å². The molecule has 0 aliphatic carbocycles. The number of hydrogen-bond acceptors (Lipinski definition) is 6. The topological polar surface area (TPSA) is 79.7 Å². The molecular formula is C11H20N2O4. The maximum atomic E-state index is 5.40. The smallest absolute Gasteiger partial charge is 0.162 e. The third kappa shape index (κ3) is 6.38. The maximum Gasteiger partial charge on any atom is 0.162 e. The maximum absolute atomic E-state index is 5.40. The van der Waals surface area contributed by atoms with Crippen LogP contribution in [-0.2, 0) is 27.4 Å². The van der Waals surface area contributed by atoms with Gasteiger partial charge in [-0.25, -0.2) is 0 Å². The number of rotatable bonds is 10. The van der Waals surface area contributed by atoms with Crippen LogP contribution in [-0.4, -0.2) is 38.7 Å². The largest absolute Gasteiger partial charge is 0.385 e. The molecule has 17 heavy (non-hydrogen) atoms. The molecule has 0 fully saturated rings. The Morgan fingerprint density at radius 3 is 2.76 bits per heavy atom. The Morgan fingerprint density at radius 1 is 1.24 bits per heavy atom. The second kappa shape index (κ2) is 9.12. The van der Waals surface area contributed by atoms with Gasteiger partial charge in [0.05, 0.1) is 18.9 Å². The third-order valence-corrected chi connectivity index (χ3v) is 2.07. The summed E-state index contributed by atoms with van der Waals surface area (Å²) in [4.78, 5) is 0. The summed E-state index contributed by atoms with van der Waals surface area (Å²) >= 11 is 0. The summed E-state index contributed by atoms with van der Waals surface area (Å²) in [6.45, 7) is 3.30. The van der Waals surface area contributed by atoms with Crippen molar-refractivity contribution in [2.45, 2.75) is 19.6 Å². The van der Waals surface area contributed by atoms with Gasteiger partial charge in [-0.3, -0.25) is 0 Å². The van der Waals surface area contributed by atoms with Gasteiger partial charge in [-0.1, -0.05) is 5.16 Å². The van der Waals surface area contributed by atoms with Crippen LogP contribution in [0.1, 0.15) is 17.9 Å². The highest BCUT2D eigenvalue weighted by Gasteiger charge is 2.02. The van der Waals surface area contributed by atoms with Crippen molar-refractivity contribution in [3.05, 3.63) is 17.5 Å². The molecule has 0 aliphatic heterocycles. The van der Waals surface area contributed by atoms with E-state index < -0.39 is 0 Å². The molecule has 0 atom stereocenters. The van der Waals surface area contributed by atoms with Crippen LogP contribution in [0.4, 0.5) is 0 Å². The minimum absolute atomic E-state index is 0.381. The molecule has 0 spiro atoms.